The molecule has 0 aliphatic carbocycles. The van der Waals surface area contributed by atoms with Gasteiger partial charge >= 0.3 is 0 Å². The number of aromatic amines is 1. The molecule has 0 saturated heterocycles. The van der Waals surface area contributed by atoms with E-state index in [-0.39, 0.29) is 0 Å². The summed E-state index contributed by atoms with van der Waals surface area (Å²) in [6.45, 7) is 1.52. The predicted molar refractivity (Wildman–Crippen MR) is 130 cm³/mol. The maximum atomic E-state index is 9.41. The molecule has 0 fully saturated rings. The fourth-order valence-corrected chi connectivity index (χ4v) is 4.13. The normalized spacial score (nSPS) is 11.2. The summed E-state index contributed by atoms with van der Waals surface area (Å²) in [6, 6.07) is 30.7. The van der Waals surface area contributed by atoms with Gasteiger partial charge in [0.05, 0.1) is 19.2 Å². The zero-order valence-electron chi connectivity index (χ0n) is 18.2. The van der Waals surface area contributed by atoms with E-state index in [0.717, 1.165) is 41.1 Å². The highest BCUT2D eigenvalue weighted by atomic mass is 16.4. The minimum atomic E-state index is 0.312. The Morgan fingerprint density at radius 2 is 1.58 bits per heavy atom. The van der Waals surface area contributed by atoms with Crippen molar-refractivity contribution < 1.29 is 4.42 Å². The number of para-hydroxylation sites is 1. The van der Waals surface area contributed by atoms with Crippen LogP contribution in [0.4, 0.5) is 0 Å². The number of nitrogens with one attached hydrogen (secondary N) is 1. The van der Waals surface area contributed by atoms with Crippen LogP contribution < -0.4 is 0 Å². The van der Waals surface area contributed by atoms with Crippen molar-refractivity contribution >= 4 is 10.9 Å². The monoisotopic (exact) mass is 432 g/mol. The summed E-state index contributed by atoms with van der Waals surface area (Å²) in [5.41, 5.74) is 5.20. The molecule has 1 N–H and O–H groups in total. The average Bonchev–Trinajstić information content (AvgIpc) is 3.48. The van der Waals surface area contributed by atoms with E-state index in [1.807, 2.05) is 66.7 Å². The molecule has 0 saturated carbocycles. The van der Waals surface area contributed by atoms with Crippen LogP contribution in [0, 0.1) is 11.3 Å². The molecule has 5 heteroatoms. The number of fused-ring (bicyclic) bond motifs is 1. The second-order valence-corrected chi connectivity index (χ2v) is 8.00. The van der Waals surface area contributed by atoms with Crippen LogP contribution in [0.5, 0.6) is 0 Å². The van der Waals surface area contributed by atoms with Crippen molar-refractivity contribution in [2.24, 2.45) is 0 Å². The molecular formula is C28H24N4O. The molecule has 0 aliphatic rings. The lowest BCUT2D eigenvalue weighted by Gasteiger charge is -2.16. The lowest BCUT2D eigenvalue weighted by Crippen LogP contribution is -2.26. The van der Waals surface area contributed by atoms with Crippen molar-refractivity contribution in [3.8, 4) is 28.7 Å². The second kappa shape index (κ2) is 9.56. The molecule has 162 valence electrons. The molecule has 0 amide bonds. The predicted octanol–water partition coefficient (Wildman–Crippen LogP) is 6.06. The van der Waals surface area contributed by atoms with E-state index in [9.17, 15) is 5.26 Å². The average molecular weight is 433 g/mol. The zero-order valence-corrected chi connectivity index (χ0v) is 18.2. The van der Waals surface area contributed by atoms with Gasteiger partial charge in [-0.2, -0.15) is 5.26 Å². The molecule has 5 rings (SSSR count). The summed E-state index contributed by atoms with van der Waals surface area (Å²) in [5.74, 6) is 1.37. The van der Waals surface area contributed by atoms with Crippen LogP contribution in [0.25, 0.3) is 33.5 Å². The van der Waals surface area contributed by atoms with Gasteiger partial charge < -0.3 is 9.40 Å². The summed E-state index contributed by atoms with van der Waals surface area (Å²) < 4.78 is 6.27. The third kappa shape index (κ3) is 4.57. The van der Waals surface area contributed by atoms with Crippen molar-refractivity contribution in [1.29, 1.82) is 5.26 Å². The van der Waals surface area contributed by atoms with E-state index >= 15 is 0 Å². The van der Waals surface area contributed by atoms with Gasteiger partial charge in [0.2, 0.25) is 5.89 Å². The fourth-order valence-electron chi connectivity index (χ4n) is 4.13. The van der Waals surface area contributed by atoms with Gasteiger partial charge in [-0.25, -0.2) is 4.98 Å². The number of nitrogens with zero attached hydrogens (tertiary/aromatic N) is 3. The number of hydrogen-bond donors (Lipinski definition) is 1. The molecule has 2 aromatic heterocycles. The number of H-pyrrole nitrogens is 1. The quantitative estimate of drug-likeness (QED) is 0.303. The van der Waals surface area contributed by atoms with Crippen LogP contribution in [0.15, 0.2) is 95.5 Å². The number of benzene rings is 3. The highest BCUT2D eigenvalue weighted by molar-refractivity contribution is 5.83. The van der Waals surface area contributed by atoms with Gasteiger partial charge in [-0.1, -0.05) is 78.9 Å². The molecule has 3 aromatic carbocycles. The second-order valence-electron chi connectivity index (χ2n) is 8.00. The van der Waals surface area contributed by atoms with Gasteiger partial charge in [-0.15, -0.1) is 0 Å². The van der Waals surface area contributed by atoms with Crippen molar-refractivity contribution in [3.05, 3.63) is 103 Å². The van der Waals surface area contributed by atoms with Crippen LogP contribution >= 0.6 is 0 Å². The van der Waals surface area contributed by atoms with Crippen LogP contribution in [-0.4, -0.2) is 28.0 Å². The molecule has 2 heterocycles. The summed E-state index contributed by atoms with van der Waals surface area (Å²) in [4.78, 5) is 10.3. The Morgan fingerprint density at radius 3 is 2.33 bits per heavy atom. The molecule has 0 spiro atoms. The lowest BCUT2D eigenvalue weighted by atomic mass is 10.1. The lowest BCUT2D eigenvalue weighted by molar-refractivity contribution is 0.269. The summed E-state index contributed by atoms with van der Waals surface area (Å²) >= 11 is 0. The molecule has 5 nitrogen and oxygen atoms in total. The number of nitriles is 1. The molecule has 0 unspecified atom stereocenters. The molecule has 5 aromatic rings. The molecule has 0 bridgehead atoms. The summed E-state index contributed by atoms with van der Waals surface area (Å²) in [6.07, 6.45) is 2.89. The Bertz CT molecular complexity index is 1320. The van der Waals surface area contributed by atoms with Crippen molar-refractivity contribution in [2.45, 2.75) is 13.0 Å². The first kappa shape index (κ1) is 20.7. The Kier molecular flexibility index (Phi) is 6.01. The first-order valence-corrected chi connectivity index (χ1v) is 11.1. The van der Waals surface area contributed by atoms with Gasteiger partial charge in [0.1, 0.15) is 5.69 Å². The van der Waals surface area contributed by atoms with Crippen LogP contribution in [0.3, 0.4) is 0 Å². The smallest absolute Gasteiger partial charge is 0.209 e. The van der Waals surface area contributed by atoms with Gasteiger partial charge in [0.15, 0.2) is 5.76 Å². The first-order valence-electron chi connectivity index (χ1n) is 11.1. The third-order valence-electron chi connectivity index (χ3n) is 5.78. The Balaban J connectivity index is 1.40. The molecular weight excluding hydrogens is 408 g/mol. The van der Waals surface area contributed by atoms with Gasteiger partial charge in [0, 0.05) is 34.8 Å². The SMILES string of the molecule is N#CCN(CCc1c[nH]c2ccccc12)Cc1nc(-c2ccccc2)c(-c2ccccc2)o1. The summed E-state index contributed by atoms with van der Waals surface area (Å²) in [5, 5.41) is 10.6. The van der Waals surface area contributed by atoms with Crippen LogP contribution in [0.2, 0.25) is 0 Å². The standard InChI is InChI=1S/C28H24N4O/c29-16-18-32(17-15-23-19-30-25-14-8-7-13-24(23)25)20-26-31-27(21-9-3-1-4-10-21)28(33-26)22-11-5-2-6-12-22/h1-14,19,30H,15,17-18,20H2. The Morgan fingerprint density at radius 1 is 0.879 bits per heavy atom. The van der Waals surface area contributed by atoms with Gasteiger partial charge in [-0.05, 0) is 18.1 Å². The highest BCUT2D eigenvalue weighted by Crippen LogP contribution is 2.33. The molecule has 33 heavy (non-hydrogen) atoms. The molecule has 0 radical (unpaired) electrons. The minimum absolute atomic E-state index is 0.312. The fraction of sp³-hybridized carbons (Fsp3) is 0.143. The third-order valence-corrected chi connectivity index (χ3v) is 5.78. The maximum absolute atomic E-state index is 9.41. The molecule has 0 atom stereocenters. The van der Waals surface area contributed by atoms with Crippen LogP contribution in [0.1, 0.15) is 11.5 Å². The summed E-state index contributed by atoms with van der Waals surface area (Å²) in [7, 11) is 0. The number of rotatable bonds is 8. The van der Waals surface area contributed by atoms with Gasteiger partial charge in [-0.3, -0.25) is 4.90 Å². The Labute approximate surface area is 192 Å². The maximum Gasteiger partial charge on any atom is 0.209 e. The number of oxazole rings is 1. The highest BCUT2D eigenvalue weighted by Gasteiger charge is 2.19. The number of hydrogen-bond acceptors (Lipinski definition) is 4. The van der Waals surface area contributed by atoms with E-state index in [1.54, 1.807) is 0 Å². The van der Waals surface area contributed by atoms with E-state index in [1.165, 1.54) is 10.9 Å². The Hall–Kier alpha value is -4.14. The largest absolute Gasteiger partial charge is 0.439 e. The van der Waals surface area contributed by atoms with Crippen LogP contribution in [-0.2, 0) is 13.0 Å². The topological polar surface area (TPSA) is 68.8 Å². The van der Waals surface area contributed by atoms with E-state index < -0.39 is 0 Å². The molecule has 0 aliphatic heterocycles. The van der Waals surface area contributed by atoms with Crippen molar-refractivity contribution in [1.82, 2.24) is 14.9 Å². The van der Waals surface area contributed by atoms with Crippen molar-refractivity contribution in [3.63, 3.8) is 0 Å². The van der Waals surface area contributed by atoms with Gasteiger partial charge in [0.25, 0.3) is 0 Å². The van der Waals surface area contributed by atoms with E-state index in [4.69, 9.17) is 9.40 Å². The minimum Gasteiger partial charge on any atom is -0.439 e. The van der Waals surface area contributed by atoms with Crippen molar-refractivity contribution in [2.75, 3.05) is 13.1 Å². The zero-order chi connectivity index (χ0) is 22.5. The number of aromatic nitrogens is 2. The van der Waals surface area contributed by atoms with E-state index in [0.29, 0.717) is 19.0 Å². The first-order chi connectivity index (χ1) is 16.3. The van der Waals surface area contributed by atoms with E-state index in [2.05, 4.69) is 40.3 Å².